The van der Waals surface area contributed by atoms with Gasteiger partial charge in [0, 0.05) is 4.88 Å². The maximum Gasteiger partial charge on any atom is 0.150 e. The number of hydrogen-bond acceptors (Lipinski definition) is 4. The summed E-state index contributed by atoms with van der Waals surface area (Å²) in [4.78, 5) is 1.37. The van der Waals surface area contributed by atoms with Crippen molar-refractivity contribution in [2.45, 2.75) is 19.3 Å². The molecule has 3 nitrogen and oxygen atoms in total. The first kappa shape index (κ1) is 13.1. The van der Waals surface area contributed by atoms with Gasteiger partial charge in [-0.15, -0.1) is 11.3 Å². The highest BCUT2D eigenvalue weighted by Crippen LogP contribution is 2.29. The Balaban J connectivity index is 1.89. The molecule has 2 N–H and O–H groups in total. The summed E-state index contributed by atoms with van der Waals surface area (Å²) in [7, 11) is -2.78. The molecule has 2 atom stereocenters. The van der Waals surface area contributed by atoms with E-state index in [4.69, 9.17) is 5.73 Å². The van der Waals surface area contributed by atoms with Crippen LogP contribution in [0.15, 0.2) is 17.5 Å². The number of thiophene rings is 1. The molecule has 2 heterocycles. The molecule has 0 amide bonds. The highest BCUT2D eigenvalue weighted by molar-refractivity contribution is 7.91. The lowest BCUT2D eigenvalue weighted by Gasteiger charge is -2.20. The van der Waals surface area contributed by atoms with Gasteiger partial charge in [-0.05, 0) is 49.1 Å². The molecule has 0 bridgehead atoms. The predicted octanol–water partition coefficient (Wildman–Crippen LogP) is 1.69. The summed E-state index contributed by atoms with van der Waals surface area (Å²) in [5.41, 5.74) is 5.79. The molecule has 1 aromatic rings. The summed E-state index contributed by atoms with van der Waals surface area (Å²) in [6, 6.07) is 4.18. The third-order valence-corrected chi connectivity index (χ3v) is 6.31. The zero-order valence-electron chi connectivity index (χ0n) is 9.84. The largest absolute Gasteiger partial charge is 0.330 e. The van der Waals surface area contributed by atoms with Crippen molar-refractivity contribution in [3.8, 4) is 0 Å². The molecule has 1 saturated heterocycles. The summed E-state index contributed by atoms with van der Waals surface area (Å²) < 4.78 is 22.9. The molecule has 17 heavy (non-hydrogen) atoms. The van der Waals surface area contributed by atoms with E-state index in [1.807, 2.05) is 0 Å². The van der Waals surface area contributed by atoms with Crippen LogP contribution in [-0.2, 0) is 16.3 Å². The fraction of sp³-hybridized carbons (Fsp3) is 0.667. The molecule has 0 spiro atoms. The molecule has 1 fully saturated rings. The van der Waals surface area contributed by atoms with Crippen molar-refractivity contribution >= 4 is 21.2 Å². The fourth-order valence-electron chi connectivity index (χ4n) is 2.52. The van der Waals surface area contributed by atoms with Crippen molar-refractivity contribution in [2.75, 3.05) is 18.1 Å². The van der Waals surface area contributed by atoms with Crippen LogP contribution in [0.4, 0.5) is 0 Å². The predicted molar refractivity (Wildman–Crippen MR) is 71.9 cm³/mol. The Morgan fingerprint density at radius 3 is 2.88 bits per heavy atom. The summed E-state index contributed by atoms with van der Waals surface area (Å²) in [6.07, 6.45) is 2.84. The molecular weight excluding hydrogens is 254 g/mol. The van der Waals surface area contributed by atoms with Crippen LogP contribution in [0, 0.1) is 11.8 Å². The Hall–Kier alpha value is -0.390. The van der Waals surface area contributed by atoms with Crippen molar-refractivity contribution in [2.24, 2.45) is 17.6 Å². The highest BCUT2D eigenvalue weighted by atomic mass is 32.2. The minimum Gasteiger partial charge on any atom is -0.330 e. The molecule has 0 saturated carbocycles. The second-order valence-electron chi connectivity index (χ2n) is 4.78. The number of sulfone groups is 1. The van der Waals surface area contributed by atoms with E-state index < -0.39 is 9.84 Å². The molecule has 1 aliphatic rings. The average Bonchev–Trinajstić information content (AvgIpc) is 2.89. The van der Waals surface area contributed by atoms with Gasteiger partial charge in [0.1, 0.15) is 0 Å². The lowest BCUT2D eigenvalue weighted by Crippen LogP contribution is -2.25. The van der Waals surface area contributed by atoms with Gasteiger partial charge in [0.2, 0.25) is 0 Å². The van der Waals surface area contributed by atoms with Crippen molar-refractivity contribution in [3.63, 3.8) is 0 Å². The molecule has 1 aliphatic heterocycles. The first-order valence-corrected chi connectivity index (χ1v) is 8.74. The minimum atomic E-state index is -2.78. The normalized spacial score (nSPS) is 24.9. The molecule has 2 unspecified atom stereocenters. The van der Waals surface area contributed by atoms with E-state index >= 15 is 0 Å². The Labute approximate surface area is 107 Å². The second kappa shape index (κ2) is 5.50. The van der Waals surface area contributed by atoms with Gasteiger partial charge in [-0.25, -0.2) is 8.42 Å². The van der Waals surface area contributed by atoms with Gasteiger partial charge < -0.3 is 5.73 Å². The highest BCUT2D eigenvalue weighted by Gasteiger charge is 2.32. The van der Waals surface area contributed by atoms with Crippen molar-refractivity contribution in [1.82, 2.24) is 0 Å². The Morgan fingerprint density at radius 1 is 1.53 bits per heavy atom. The molecular formula is C12H19NO2S2. The second-order valence-corrected chi connectivity index (χ2v) is 8.04. The van der Waals surface area contributed by atoms with Gasteiger partial charge in [0.25, 0.3) is 0 Å². The Kier molecular flexibility index (Phi) is 4.22. The van der Waals surface area contributed by atoms with E-state index in [0.29, 0.717) is 24.0 Å². The van der Waals surface area contributed by atoms with Gasteiger partial charge in [-0.3, -0.25) is 0 Å². The summed E-state index contributed by atoms with van der Waals surface area (Å²) >= 11 is 1.76. The van der Waals surface area contributed by atoms with Crippen LogP contribution in [0.5, 0.6) is 0 Å². The third-order valence-electron chi connectivity index (χ3n) is 3.58. The van der Waals surface area contributed by atoms with E-state index in [-0.39, 0.29) is 5.92 Å². The number of aryl methyl sites for hydroxylation is 1. The van der Waals surface area contributed by atoms with Gasteiger partial charge in [-0.1, -0.05) is 6.07 Å². The van der Waals surface area contributed by atoms with Crippen LogP contribution in [0.2, 0.25) is 0 Å². The fourth-order valence-corrected chi connectivity index (χ4v) is 5.17. The zero-order chi connectivity index (χ0) is 12.3. The van der Waals surface area contributed by atoms with Crippen molar-refractivity contribution < 1.29 is 8.42 Å². The van der Waals surface area contributed by atoms with E-state index in [2.05, 4.69) is 17.5 Å². The maximum absolute atomic E-state index is 11.5. The number of rotatable bonds is 5. The zero-order valence-corrected chi connectivity index (χ0v) is 11.5. The summed E-state index contributed by atoms with van der Waals surface area (Å²) in [5, 5.41) is 2.08. The molecule has 0 radical (unpaired) electrons. The first-order valence-electron chi connectivity index (χ1n) is 6.03. The molecule has 5 heteroatoms. The topological polar surface area (TPSA) is 60.2 Å². The Bertz CT molecular complexity index is 439. The SMILES string of the molecule is NCC(CCc1cccs1)C1CCS(=O)(=O)C1. The van der Waals surface area contributed by atoms with E-state index in [0.717, 1.165) is 19.3 Å². The average molecular weight is 273 g/mol. The molecule has 0 aliphatic carbocycles. The number of nitrogens with two attached hydrogens (primary N) is 1. The molecule has 0 aromatic carbocycles. The summed E-state index contributed by atoms with van der Waals surface area (Å²) in [5.74, 6) is 1.34. The molecule has 96 valence electrons. The summed E-state index contributed by atoms with van der Waals surface area (Å²) in [6.45, 7) is 0.603. The van der Waals surface area contributed by atoms with E-state index in [1.54, 1.807) is 11.3 Å². The smallest absolute Gasteiger partial charge is 0.150 e. The van der Waals surface area contributed by atoms with Crippen LogP contribution in [0.1, 0.15) is 17.7 Å². The lowest BCUT2D eigenvalue weighted by molar-refractivity contribution is 0.351. The minimum absolute atomic E-state index is 0.282. The van der Waals surface area contributed by atoms with Crippen molar-refractivity contribution in [1.29, 1.82) is 0 Å². The van der Waals surface area contributed by atoms with Crippen LogP contribution in [0.25, 0.3) is 0 Å². The van der Waals surface area contributed by atoms with Crippen molar-refractivity contribution in [3.05, 3.63) is 22.4 Å². The third kappa shape index (κ3) is 3.53. The van der Waals surface area contributed by atoms with Crippen LogP contribution >= 0.6 is 11.3 Å². The van der Waals surface area contributed by atoms with E-state index in [9.17, 15) is 8.42 Å². The Morgan fingerprint density at radius 2 is 2.35 bits per heavy atom. The van der Waals surface area contributed by atoms with Gasteiger partial charge in [0.05, 0.1) is 11.5 Å². The monoisotopic (exact) mass is 273 g/mol. The first-order chi connectivity index (χ1) is 8.11. The maximum atomic E-state index is 11.5. The standard InChI is InChI=1S/C12H19NO2S2/c13-8-10(3-4-12-2-1-6-16-12)11-5-7-17(14,15)9-11/h1-2,6,10-11H,3-5,7-9,13H2. The van der Waals surface area contributed by atoms with Crippen LogP contribution in [0.3, 0.4) is 0 Å². The van der Waals surface area contributed by atoms with E-state index in [1.165, 1.54) is 4.88 Å². The lowest BCUT2D eigenvalue weighted by atomic mass is 9.88. The van der Waals surface area contributed by atoms with Crippen LogP contribution < -0.4 is 5.73 Å². The van der Waals surface area contributed by atoms with Gasteiger partial charge in [0.15, 0.2) is 9.84 Å². The van der Waals surface area contributed by atoms with Gasteiger partial charge in [-0.2, -0.15) is 0 Å². The number of hydrogen-bond donors (Lipinski definition) is 1. The molecule has 1 aromatic heterocycles. The molecule has 2 rings (SSSR count). The quantitative estimate of drug-likeness (QED) is 0.888. The van der Waals surface area contributed by atoms with Crippen LogP contribution in [-0.4, -0.2) is 26.5 Å². The van der Waals surface area contributed by atoms with Gasteiger partial charge >= 0.3 is 0 Å².